The minimum Gasteiger partial charge on any atom is -0.495 e. The molecule has 2 heterocycles. The van der Waals surface area contributed by atoms with Gasteiger partial charge in [-0.2, -0.15) is 0 Å². The fourth-order valence-electron chi connectivity index (χ4n) is 3.16. The molecular weight excluding hydrogens is 434 g/mol. The molecular formula is C19H22ClN3O4S2. The van der Waals surface area contributed by atoms with E-state index in [4.69, 9.17) is 21.4 Å². The molecule has 1 aromatic heterocycles. The van der Waals surface area contributed by atoms with Gasteiger partial charge >= 0.3 is 5.97 Å². The second-order valence-corrected chi connectivity index (χ2v) is 9.22. The molecule has 29 heavy (non-hydrogen) atoms. The molecule has 1 atom stereocenters. The fraction of sp³-hybridized carbons (Fsp3) is 0.421. The Hall–Kier alpha value is -1.97. The predicted octanol–water partition coefficient (Wildman–Crippen LogP) is 4.01. The number of nitrogens with zero attached hydrogens (tertiary/aromatic N) is 2. The normalized spacial score (nSPS) is 16.3. The summed E-state index contributed by atoms with van der Waals surface area (Å²) in [5.74, 6) is 0.451. The highest BCUT2D eigenvalue weighted by molar-refractivity contribution is 8.01. The number of thioether (sulfide) groups is 1. The van der Waals surface area contributed by atoms with E-state index >= 15 is 0 Å². The summed E-state index contributed by atoms with van der Waals surface area (Å²) in [6, 6.07) is 3.82. The Balaban J connectivity index is 1.56. The van der Waals surface area contributed by atoms with E-state index in [-0.39, 0.29) is 17.6 Å². The van der Waals surface area contributed by atoms with Crippen molar-refractivity contribution in [2.24, 2.45) is 0 Å². The lowest BCUT2D eigenvalue weighted by Crippen LogP contribution is -2.39. The van der Waals surface area contributed by atoms with Crippen LogP contribution in [0.1, 0.15) is 28.9 Å². The first-order valence-electron chi connectivity index (χ1n) is 9.08. The van der Waals surface area contributed by atoms with Crippen LogP contribution in [-0.2, 0) is 4.79 Å². The number of benzene rings is 1. The van der Waals surface area contributed by atoms with Crippen molar-refractivity contribution in [3.05, 3.63) is 33.8 Å². The van der Waals surface area contributed by atoms with E-state index in [1.54, 1.807) is 13.2 Å². The summed E-state index contributed by atoms with van der Waals surface area (Å²) < 4.78 is 6.10. The van der Waals surface area contributed by atoms with Gasteiger partial charge in [0.15, 0.2) is 10.0 Å². The van der Waals surface area contributed by atoms with Crippen LogP contribution in [0.2, 0.25) is 5.02 Å². The molecule has 0 aliphatic carbocycles. The Kier molecular flexibility index (Phi) is 7.26. The molecule has 1 aromatic carbocycles. The number of aromatic nitrogens is 1. The summed E-state index contributed by atoms with van der Waals surface area (Å²) in [4.78, 5) is 29.2. The van der Waals surface area contributed by atoms with Crippen molar-refractivity contribution in [2.45, 2.75) is 30.1 Å². The summed E-state index contributed by atoms with van der Waals surface area (Å²) in [7, 11) is 1.60. The first kappa shape index (κ1) is 21.7. The molecule has 0 unspecified atom stereocenters. The SMILES string of the molecule is COc1cc(Cl)c(C)cc1NC[C@H]1CCC(=O)N1CCSc1nc(C(=O)O)cs1. The minimum absolute atomic E-state index is 0.0593. The molecule has 10 heteroatoms. The van der Waals surface area contributed by atoms with E-state index < -0.39 is 5.97 Å². The molecule has 3 rings (SSSR count). The average Bonchev–Trinajstić information content (AvgIpc) is 3.30. The van der Waals surface area contributed by atoms with E-state index in [2.05, 4.69) is 10.3 Å². The smallest absolute Gasteiger partial charge is 0.355 e. The average molecular weight is 456 g/mol. The number of ether oxygens (including phenoxy) is 1. The number of nitrogens with one attached hydrogen (secondary N) is 1. The first-order valence-corrected chi connectivity index (χ1v) is 11.3. The van der Waals surface area contributed by atoms with Crippen LogP contribution in [0, 0.1) is 6.92 Å². The highest BCUT2D eigenvalue weighted by atomic mass is 35.5. The van der Waals surface area contributed by atoms with Gasteiger partial charge in [-0.3, -0.25) is 4.79 Å². The van der Waals surface area contributed by atoms with Crippen LogP contribution in [0.5, 0.6) is 5.75 Å². The Morgan fingerprint density at radius 2 is 2.31 bits per heavy atom. The van der Waals surface area contributed by atoms with E-state index in [9.17, 15) is 9.59 Å². The lowest BCUT2D eigenvalue weighted by Gasteiger charge is -2.25. The Morgan fingerprint density at radius 3 is 3.00 bits per heavy atom. The van der Waals surface area contributed by atoms with Crippen LogP contribution in [0.15, 0.2) is 21.9 Å². The third kappa shape index (κ3) is 5.34. The summed E-state index contributed by atoms with van der Waals surface area (Å²) in [6.07, 6.45) is 1.33. The van der Waals surface area contributed by atoms with Crippen molar-refractivity contribution in [3.8, 4) is 5.75 Å². The van der Waals surface area contributed by atoms with E-state index in [1.165, 1.54) is 28.5 Å². The monoisotopic (exact) mass is 455 g/mol. The Bertz CT molecular complexity index is 906. The number of hydrogen-bond donors (Lipinski definition) is 2. The summed E-state index contributed by atoms with van der Waals surface area (Å²) >= 11 is 8.94. The molecule has 0 spiro atoms. The van der Waals surface area contributed by atoms with Crippen molar-refractivity contribution >= 4 is 52.3 Å². The molecule has 1 aliphatic rings. The van der Waals surface area contributed by atoms with Crippen molar-refractivity contribution in [3.63, 3.8) is 0 Å². The van der Waals surface area contributed by atoms with Gasteiger partial charge in [-0.15, -0.1) is 11.3 Å². The van der Waals surface area contributed by atoms with Gasteiger partial charge < -0.3 is 20.1 Å². The predicted molar refractivity (Wildman–Crippen MR) is 116 cm³/mol. The van der Waals surface area contributed by atoms with Gasteiger partial charge in [0.05, 0.1) is 12.8 Å². The van der Waals surface area contributed by atoms with Crippen LogP contribution < -0.4 is 10.1 Å². The summed E-state index contributed by atoms with van der Waals surface area (Å²) in [5.41, 5.74) is 1.87. The highest BCUT2D eigenvalue weighted by Gasteiger charge is 2.30. The van der Waals surface area contributed by atoms with Gasteiger partial charge in [0.1, 0.15) is 5.75 Å². The molecule has 156 valence electrons. The Morgan fingerprint density at radius 1 is 1.52 bits per heavy atom. The first-order chi connectivity index (χ1) is 13.9. The van der Waals surface area contributed by atoms with Gasteiger partial charge in [0.25, 0.3) is 0 Å². The van der Waals surface area contributed by atoms with Gasteiger partial charge in [0.2, 0.25) is 5.91 Å². The number of anilines is 1. The number of aryl methyl sites for hydroxylation is 1. The molecule has 1 amide bonds. The van der Waals surface area contributed by atoms with Crippen molar-refractivity contribution in [1.29, 1.82) is 0 Å². The molecule has 0 radical (unpaired) electrons. The number of methoxy groups -OCH3 is 1. The van der Waals surface area contributed by atoms with Crippen molar-refractivity contribution in [2.75, 3.05) is 31.3 Å². The molecule has 7 nitrogen and oxygen atoms in total. The highest BCUT2D eigenvalue weighted by Crippen LogP contribution is 2.32. The third-order valence-electron chi connectivity index (χ3n) is 4.72. The summed E-state index contributed by atoms with van der Waals surface area (Å²) in [5, 5.41) is 14.5. The maximum atomic E-state index is 12.3. The van der Waals surface area contributed by atoms with E-state index in [0.717, 1.165) is 17.7 Å². The van der Waals surface area contributed by atoms with Gasteiger partial charge in [0, 0.05) is 47.8 Å². The largest absolute Gasteiger partial charge is 0.495 e. The number of aromatic carboxylic acids is 1. The lowest BCUT2D eigenvalue weighted by molar-refractivity contribution is -0.128. The second kappa shape index (κ2) is 9.69. The Labute approximate surface area is 182 Å². The number of thiazole rings is 1. The van der Waals surface area contributed by atoms with Crippen LogP contribution in [0.3, 0.4) is 0 Å². The summed E-state index contributed by atoms with van der Waals surface area (Å²) in [6.45, 7) is 3.15. The molecule has 1 fully saturated rings. The molecule has 1 aliphatic heterocycles. The number of carboxylic acids is 1. The van der Waals surface area contributed by atoms with E-state index in [1.807, 2.05) is 17.9 Å². The fourth-order valence-corrected chi connectivity index (χ4v) is 5.13. The number of carboxylic acid groups (broad SMARTS) is 1. The maximum Gasteiger partial charge on any atom is 0.355 e. The minimum atomic E-state index is -1.03. The molecule has 0 saturated carbocycles. The number of likely N-dealkylation sites (tertiary alicyclic amines) is 1. The number of amides is 1. The van der Waals surface area contributed by atoms with Crippen LogP contribution in [-0.4, -0.2) is 58.9 Å². The van der Waals surface area contributed by atoms with Crippen molar-refractivity contribution in [1.82, 2.24) is 9.88 Å². The zero-order valence-corrected chi connectivity index (χ0v) is 18.5. The van der Waals surface area contributed by atoms with Gasteiger partial charge in [-0.05, 0) is 25.0 Å². The van der Waals surface area contributed by atoms with Gasteiger partial charge in [-0.1, -0.05) is 23.4 Å². The standard InChI is InChI=1S/C19H22ClN3O4S2/c1-11-7-14(16(27-2)8-13(11)20)21-9-12-3-4-17(24)23(12)5-6-28-19-22-15(10-29-19)18(25)26/h7-8,10,12,21H,3-6,9H2,1-2H3,(H,25,26)/t12-/m1/s1. The second-order valence-electron chi connectivity index (χ2n) is 6.61. The number of carbonyl (C=O) groups is 2. The number of rotatable bonds is 9. The van der Waals surface area contributed by atoms with Crippen LogP contribution in [0.25, 0.3) is 0 Å². The number of hydrogen-bond acceptors (Lipinski definition) is 7. The van der Waals surface area contributed by atoms with Gasteiger partial charge in [-0.25, -0.2) is 9.78 Å². The molecule has 2 aromatic rings. The lowest BCUT2D eigenvalue weighted by atomic mass is 10.1. The zero-order valence-electron chi connectivity index (χ0n) is 16.1. The molecule has 1 saturated heterocycles. The van der Waals surface area contributed by atoms with Crippen LogP contribution in [0.4, 0.5) is 5.69 Å². The van der Waals surface area contributed by atoms with Crippen molar-refractivity contribution < 1.29 is 19.4 Å². The number of halogens is 1. The zero-order chi connectivity index (χ0) is 21.0. The van der Waals surface area contributed by atoms with E-state index in [0.29, 0.717) is 40.4 Å². The molecule has 0 bridgehead atoms. The maximum absolute atomic E-state index is 12.3. The quantitative estimate of drug-likeness (QED) is 0.552. The molecule has 2 N–H and O–H groups in total. The topological polar surface area (TPSA) is 91.8 Å². The van der Waals surface area contributed by atoms with Crippen LogP contribution >= 0.6 is 34.7 Å². The number of carbonyl (C=O) groups excluding carboxylic acids is 1. The third-order valence-corrected chi connectivity index (χ3v) is 7.13.